The van der Waals surface area contributed by atoms with Crippen LogP contribution in [0.5, 0.6) is 0 Å². The Morgan fingerprint density at radius 3 is 2.47 bits per heavy atom. The maximum atomic E-state index is 13.4. The minimum absolute atomic E-state index is 0.0936. The molecule has 0 unspecified atom stereocenters. The quantitative estimate of drug-likeness (QED) is 0.466. The number of anilines is 1. The number of amides is 2. The number of carbonyl (C=O) groups is 1. The Balaban J connectivity index is 1.46. The van der Waals surface area contributed by atoms with Crippen molar-refractivity contribution in [3.63, 3.8) is 0 Å². The monoisotopic (exact) mass is 443 g/mol. The van der Waals surface area contributed by atoms with E-state index >= 15 is 0 Å². The molecule has 2 amide bonds. The van der Waals surface area contributed by atoms with Gasteiger partial charge in [0.2, 0.25) is 0 Å². The van der Waals surface area contributed by atoms with Gasteiger partial charge in [-0.2, -0.15) is 5.10 Å². The Morgan fingerprint density at radius 2 is 1.72 bits per heavy atom. The highest BCUT2D eigenvalue weighted by atomic mass is 35.5. The summed E-state index contributed by atoms with van der Waals surface area (Å²) in [6, 6.07) is 27.8. The lowest BCUT2D eigenvalue weighted by Crippen LogP contribution is -2.35. The molecule has 1 saturated carbocycles. The first kappa shape index (κ1) is 20.8. The molecule has 1 heterocycles. The third kappa shape index (κ3) is 4.28. The first-order valence-corrected chi connectivity index (χ1v) is 11.6. The third-order valence-electron chi connectivity index (χ3n) is 6.48. The summed E-state index contributed by atoms with van der Waals surface area (Å²) < 4.78 is 0. The number of urea groups is 1. The molecule has 0 aromatic heterocycles. The number of nitrogens with one attached hydrogen (secondary N) is 1. The number of hydrogen-bond acceptors (Lipinski definition) is 2. The number of hydrogen-bond donors (Lipinski definition) is 1. The summed E-state index contributed by atoms with van der Waals surface area (Å²) in [5, 5.41) is 10.2. The Morgan fingerprint density at radius 1 is 0.969 bits per heavy atom. The van der Waals surface area contributed by atoms with Crippen LogP contribution in [0.15, 0.2) is 90.0 Å². The molecule has 2 aliphatic rings. The molecule has 3 aromatic rings. The zero-order chi connectivity index (χ0) is 21.9. The second-order valence-corrected chi connectivity index (χ2v) is 9.03. The molecule has 5 rings (SSSR count). The van der Waals surface area contributed by atoms with E-state index in [-0.39, 0.29) is 18.0 Å². The summed E-state index contributed by atoms with van der Waals surface area (Å²) in [5.74, 6) is 0.594. The zero-order valence-electron chi connectivity index (χ0n) is 17.8. The molecule has 1 aliphatic heterocycles. The highest BCUT2D eigenvalue weighted by Crippen LogP contribution is 2.45. The van der Waals surface area contributed by atoms with Crippen molar-refractivity contribution < 1.29 is 4.79 Å². The maximum absolute atomic E-state index is 13.4. The topological polar surface area (TPSA) is 44.7 Å². The van der Waals surface area contributed by atoms with Crippen molar-refractivity contribution in [1.82, 2.24) is 5.01 Å². The van der Waals surface area contributed by atoms with Crippen molar-refractivity contribution in [2.24, 2.45) is 16.9 Å². The van der Waals surface area contributed by atoms with Crippen LogP contribution in [0.2, 0.25) is 5.02 Å². The highest BCUT2D eigenvalue weighted by Gasteiger charge is 2.45. The van der Waals surface area contributed by atoms with Crippen LogP contribution >= 0.6 is 11.6 Å². The number of nitrogens with zero attached hydrogens (tertiary/aromatic N) is 2. The van der Waals surface area contributed by atoms with Gasteiger partial charge in [0, 0.05) is 28.3 Å². The number of fused-ring (bicyclic) bond motifs is 1. The van der Waals surface area contributed by atoms with Gasteiger partial charge in [-0.25, -0.2) is 9.80 Å². The lowest BCUT2D eigenvalue weighted by Gasteiger charge is -2.32. The fourth-order valence-electron chi connectivity index (χ4n) is 5.06. The van der Waals surface area contributed by atoms with E-state index in [4.69, 9.17) is 16.7 Å². The van der Waals surface area contributed by atoms with Crippen molar-refractivity contribution in [2.45, 2.75) is 31.7 Å². The minimum Gasteiger partial charge on any atom is -0.306 e. The summed E-state index contributed by atoms with van der Waals surface area (Å²) >= 11 is 6.12. The predicted octanol–water partition coefficient (Wildman–Crippen LogP) is 6.94. The second-order valence-electron chi connectivity index (χ2n) is 8.59. The molecular weight excluding hydrogens is 418 g/mol. The lowest BCUT2D eigenvalue weighted by molar-refractivity contribution is 0.187. The molecule has 1 N–H and O–H groups in total. The average Bonchev–Trinajstić information content (AvgIpc) is 3.21. The summed E-state index contributed by atoms with van der Waals surface area (Å²) in [6.07, 6.45) is 4.26. The fourth-order valence-corrected chi connectivity index (χ4v) is 5.25. The van der Waals surface area contributed by atoms with E-state index in [9.17, 15) is 4.79 Å². The Bertz CT molecular complexity index is 1120. The summed E-state index contributed by atoms with van der Waals surface area (Å²) in [5.41, 5.74) is 4.28. The van der Waals surface area contributed by atoms with Crippen molar-refractivity contribution in [2.75, 3.05) is 5.32 Å². The van der Waals surface area contributed by atoms with Gasteiger partial charge in [-0.05, 0) is 48.6 Å². The van der Waals surface area contributed by atoms with Gasteiger partial charge in [0.15, 0.2) is 0 Å². The minimum atomic E-state index is -0.221. The molecule has 0 spiro atoms. The number of rotatable bonds is 4. The molecule has 5 heteroatoms. The van der Waals surface area contributed by atoms with Gasteiger partial charge in [0.25, 0.3) is 0 Å². The Labute approximate surface area is 193 Å². The van der Waals surface area contributed by atoms with Gasteiger partial charge >= 0.3 is 6.03 Å². The van der Waals surface area contributed by atoms with Gasteiger partial charge in [-0.15, -0.1) is 0 Å². The van der Waals surface area contributed by atoms with E-state index in [0.717, 1.165) is 37.0 Å². The van der Waals surface area contributed by atoms with Gasteiger partial charge in [-0.1, -0.05) is 84.8 Å². The van der Waals surface area contributed by atoms with Crippen LogP contribution in [0.4, 0.5) is 10.5 Å². The first-order valence-electron chi connectivity index (χ1n) is 11.2. The SMILES string of the molecule is O=C(Nc1cccc(Cl)c1)N1N=C2[C@@H](Cc3ccccc3)CCC[C@H]2[C@H]1c1ccccc1. The molecule has 1 fully saturated rings. The number of benzene rings is 3. The first-order chi connectivity index (χ1) is 15.7. The van der Waals surface area contributed by atoms with Gasteiger partial charge in [-0.3, -0.25) is 0 Å². The average molecular weight is 444 g/mol. The lowest BCUT2D eigenvalue weighted by atomic mass is 9.73. The van der Waals surface area contributed by atoms with E-state index < -0.39 is 0 Å². The van der Waals surface area contributed by atoms with Crippen LogP contribution in [0.1, 0.15) is 36.4 Å². The smallest absolute Gasteiger partial charge is 0.306 e. The van der Waals surface area contributed by atoms with Crippen LogP contribution < -0.4 is 5.32 Å². The Hall–Kier alpha value is -3.11. The van der Waals surface area contributed by atoms with E-state index in [1.54, 1.807) is 17.1 Å². The molecule has 0 bridgehead atoms. The molecule has 0 radical (unpaired) electrons. The highest BCUT2D eigenvalue weighted by molar-refractivity contribution is 6.30. The van der Waals surface area contributed by atoms with Crippen LogP contribution in [-0.4, -0.2) is 16.8 Å². The van der Waals surface area contributed by atoms with Crippen LogP contribution in [0.3, 0.4) is 0 Å². The van der Waals surface area contributed by atoms with Crippen molar-refractivity contribution in [3.8, 4) is 0 Å². The van der Waals surface area contributed by atoms with Crippen LogP contribution in [0, 0.1) is 11.8 Å². The van der Waals surface area contributed by atoms with Crippen molar-refractivity contribution >= 4 is 29.0 Å². The summed E-state index contributed by atoms with van der Waals surface area (Å²) in [6.45, 7) is 0. The predicted molar refractivity (Wildman–Crippen MR) is 130 cm³/mol. The fraction of sp³-hybridized carbons (Fsp3) is 0.259. The standard InChI is InChI=1S/C27H26ClN3O/c28-22-14-8-15-23(18-22)29-27(32)31-26(20-11-5-2-6-12-20)24-16-7-13-21(25(24)30-31)17-19-9-3-1-4-10-19/h1-6,8-12,14-15,18,21,24,26H,7,13,16-17H2,(H,29,32)/t21-,24-,26-/m1/s1. The van der Waals surface area contributed by atoms with Gasteiger partial charge in [0.05, 0.1) is 6.04 Å². The normalized spacial score (nSPS) is 22.2. The van der Waals surface area contributed by atoms with Crippen LogP contribution in [0.25, 0.3) is 0 Å². The van der Waals surface area contributed by atoms with E-state index in [2.05, 4.69) is 41.7 Å². The second kappa shape index (κ2) is 9.17. The molecule has 1 aliphatic carbocycles. The molecule has 4 nitrogen and oxygen atoms in total. The molecule has 162 valence electrons. The molecule has 32 heavy (non-hydrogen) atoms. The molecule has 3 atom stereocenters. The number of carbonyl (C=O) groups excluding carboxylic acids is 1. The number of hydrazone groups is 1. The van der Waals surface area contributed by atoms with Gasteiger partial charge < -0.3 is 5.32 Å². The van der Waals surface area contributed by atoms with E-state index in [1.165, 1.54) is 5.56 Å². The Kier molecular flexibility index (Phi) is 5.95. The van der Waals surface area contributed by atoms with Crippen molar-refractivity contribution in [1.29, 1.82) is 0 Å². The number of halogens is 1. The summed E-state index contributed by atoms with van der Waals surface area (Å²) in [4.78, 5) is 13.4. The maximum Gasteiger partial charge on any atom is 0.342 e. The zero-order valence-corrected chi connectivity index (χ0v) is 18.6. The molecular formula is C27H26ClN3O. The van der Waals surface area contributed by atoms with Gasteiger partial charge in [0.1, 0.15) is 0 Å². The molecule has 3 aromatic carbocycles. The van der Waals surface area contributed by atoms with E-state index in [1.807, 2.05) is 36.4 Å². The molecule has 0 saturated heterocycles. The third-order valence-corrected chi connectivity index (χ3v) is 6.72. The largest absolute Gasteiger partial charge is 0.342 e. The van der Waals surface area contributed by atoms with Crippen molar-refractivity contribution in [3.05, 3.63) is 101 Å². The summed E-state index contributed by atoms with van der Waals surface area (Å²) in [7, 11) is 0. The van der Waals surface area contributed by atoms with Crippen LogP contribution in [-0.2, 0) is 6.42 Å². The van der Waals surface area contributed by atoms with E-state index in [0.29, 0.717) is 16.6 Å².